The standard InChI is InChI=1S/C12H14ClN5/c1-14-7-3-2-4-10-8-15-18(9-10)12-6-5-11(13)16-17-12/h2,4-6,8-9,14H,3,7H2,1H3. The van der Waals surface area contributed by atoms with E-state index in [1.165, 1.54) is 0 Å². The molecule has 2 aromatic heterocycles. The van der Waals surface area contributed by atoms with E-state index in [2.05, 4.69) is 26.7 Å². The second-order valence-electron chi connectivity index (χ2n) is 3.73. The lowest BCUT2D eigenvalue weighted by Crippen LogP contribution is -2.05. The van der Waals surface area contributed by atoms with Gasteiger partial charge in [0.1, 0.15) is 0 Å². The molecule has 0 bridgehead atoms. The highest BCUT2D eigenvalue weighted by atomic mass is 35.5. The van der Waals surface area contributed by atoms with Gasteiger partial charge in [-0.05, 0) is 32.1 Å². The van der Waals surface area contributed by atoms with Crippen molar-refractivity contribution in [3.63, 3.8) is 0 Å². The highest BCUT2D eigenvalue weighted by Gasteiger charge is 2.00. The molecule has 0 spiro atoms. The molecule has 6 heteroatoms. The molecule has 0 aliphatic carbocycles. The van der Waals surface area contributed by atoms with Crippen molar-refractivity contribution >= 4 is 17.7 Å². The molecule has 0 aliphatic rings. The summed E-state index contributed by atoms with van der Waals surface area (Å²) >= 11 is 5.68. The average molecular weight is 264 g/mol. The summed E-state index contributed by atoms with van der Waals surface area (Å²) in [5, 5.41) is 15.4. The summed E-state index contributed by atoms with van der Waals surface area (Å²) in [7, 11) is 1.94. The van der Waals surface area contributed by atoms with Gasteiger partial charge in [0.15, 0.2) is 11.0 Å². The van der Waals surface area contributed by atoms with Gasteiger partial charge >= 0.3 is 0 Å². The first-order chi connectivity index (χ1) is 8.79. The molecule has 0 radical (unpaired) electrons. The molecule has 0 saturated carbocycles. The number of rotatable bonds is 5. The lowest BCUT2D eigenvalue weighted by atomic mass is 10.3. The van der Waals surface area contributed by atoms with Crippen molar-refractivity contribution in [2.75, 3.05) is 13.6 Å². The van der Waals surface area contributed by atoms with E-state index in [0.29, 0.717) is 11.0 Å². The maximum Gasteiger partial charge on any atom is 0.175 e. The highest BCUT2D eigenvalue weighted by Crippen LogP contribution is 2.08. The van der Waals surface area contributed by atoms with Gasteiger partial charge in [-0.3, -0.25) is 0 Å². The summed E-state index contributed by atoms with van der Waals surface area (Å²) in [5.74, 6) is 0.647. The molecule has 2 rings (SSSR count). The third kappa shape index (κ3) is 3.38. The molecule has 2 aromatic rings. The van der Waals surface area contributed by atoms with E-state index in [4.69, 9.17) is 11.6 Å². The predicted molar refractivity (Wildman–Crippen MR) is 71.7 cm³/mol. The molecule has 0 aliphatic heterocycles. The molecule has 0 amide bonds. The van der Waals surface area contributed by atoms with Gasteiger partial charge in [-0.2, -0.15) is 5.10 Å². The number of halogens is 1. The van der Waals surface area contributed by atoms with Crippen LogP contribution in [0.5, 0.6) is 0 Å². The van der Waals surface area contributed by atoms with Crippen LogP contribution in [-0.2, 0) is 0 Å². The normalized spacial score (nSPS) is 11.2. The van der Waals surface area contributed by atoms with Crippen molar-refractivity contribution in [2.45, 2.75) is 6.42 Å². The third-order valence-electron chi connectivity index (χ3n) is 2.33. The van der Waals surface area contributed by atoms with Gasteiger partial charge in [0.25, 0.3) is 0 Å². The number of hydrogen-bond donors (Lipinski definition) is 1. The van der Waals surface area contributed by atoms with Crippen LogP contribution in [-0.4, -0.2) is 33.6 Å². The van der Waals surface area contributed by atoms with Crippen LogP contribution in [0, 0.1) is 0 Å². The SMILES string of the molecule is CNCCC=Cc1cnn(-c2ccc(Cl)nn2)c1. The molecule has 18 heavy (non-hydrogen) atoms. The number of hydrogen-bond acceptors (Lipinski definition) is 4. The molecule has 0 atom stereocenters. The molecule has 1 N–H and O–H groups in total. The Morgan fingerprint density at radius 3 is 3.00 bits per heavy atom. The zero-order valence-electron chi connectivity index (χ0n) is 10.0. The fourth-order valence-corrected chi connectivity index (χ4v) is 1.53. The van der Waals surface area contributed by atoms with Crippen LogP contribution in [0.15, 0.2) is 30.6 Å². The Bertz CT molecular complexity index is 518. The third-order valence-corrected chi connectivity index (χ3v) is 2.53. The Balaban J connectivity index is 2.06. The summed E-state index contributed by atoms with van der Waals surface area (Å²) in [4.78, 5) is 0. The van der Waals surface area contributed by atoms with E-state index in [9.17, 15) is 0 Å². The first kappa shape index (κ1) is 12.7. The fourth-order valence-electron chi connectivity index (χ4n) is 1.43. The minimum Gasteiger partial charge on any atom is -0.319 e. The quantitative estimate of drug-likeness (QED) is 0.838. The van der Waals surface area contributed by atoms with Crippen LogP contribution in [0.1, 0.15) is 12.0 Å². The number of nitrogens with zero attached hydrogens (tertiary/aromatic N) is 4. The molecular weight excluding hydrogens is 250 g/mol. The monoisotopic (exact) mass is 263 g/mol. The van der Waals surface area contributed by atoms with Crippen molar-refractivity contribution in [3.8, 4) is 5.82 Å². The van der Waals surface area contributed by atoms with Gasteiger partial charge in [-0.1, -0.05) is 23.8 Å². The van der Waals surface area contributed by atoms with Crippen molar-refractivity contribution in [3.05, 3.63) is 41.3 Å². The van der Waals surface area contributed by atoms with Gasteiger partial charge in [0, 0.05) is 11.8 Å². The minimum atomic E-state index is 0.373. The van der Waals surface area contributed by atoms with Crippen LogP contribution in [0.2, 0.25) is 5.15 Å². The topological polar surface area (TPSA) is 55.6 Å². The summed E-state index contributed by atoms with van der Waals surface area (Å²) in [5.41, 5.74) is 1.03. The van der Waals surface area contributed by atoms with Crippen LogP contribution < -0.4 is 5.32 Å². The maximum absolute atomic E-state index is 5.68. The molecule has 94 valence electrons. The molecule has 5 nitrogen and oxygen atoms in total. The van der Waals surface area contributed by atoms with Crippen molar-refractivity contribution in [1.82, 2.24) is 25.3 Å². The molecule has 2 heterocycles. The predicted octanol–water partition coefficient (Wildman–Crippen LogP) is 1.94. The largest absolute Gasteiger partial charge is 0.319 e. The first-order valence-corrected chi connectivity index (χ1v) is 6.03. The lowest BCUT2D eigenvalue weighted by molar-refractivity contribution is 0.809. The average Bonchev–Trinajstić information content (AvgIpc) is 2.84. The van der Waals surface area contributed by atoms with Gasteiger partial charge in [-0.15, -0.1) is 10.2 Å². The van der Waals surface area contributed by atoms with Crippen LogP contribution >= 0.6 is 11.6 Å². The molecule has 0 aromatic carbocycles. The van der Waals surface area contributed by atoms with Crippen molar-refractivity contribution < 1.29 is 0 Å². The second kappa shape index (κ2) is 6.28. The van der Waals surface area contributed by atoms with Gasteiger partial charge in [0.2, 0.25) is 0 Å². The van der Waals surface area contributed by atoms with E-state index in [1.54, 1.807) is 23.0 Å². The molecule has 0 unspecified atom stereocenters. The van der Waals surface area contributed by atoms with E-state index in [0.717, 1.165) is 18.5 Å². The Labute approximate surface area is 110 Å². The minimum absolute atomic E-state index is 0.373. The van der Waals surface area contributed by atoms with E-state index >= 15 is 0 Å². The summed E-state index contributed by atoms with van der Waals surface area (Å²) in [6.45, 7) is 0.966. The summed E-state index contributed by atoms with van der Waals surface area (Å²) in [6, 6.07) is 3.46. The van der Waals surface area contributed by atoms with Crippen LogP contribution in [0.4, 0.5) is 0 Å². The first-order valence-electron chi connectivity index (χ1n) is 5.65. The van der Waals surface area contributed by atoms with Gasteiger partial charge in [0.05, 0.1) is 6.20 Å². The van der Waals surface area contributed by atoms with Crippen molar-refractivity contribution in [2.24, 2.45) is 0 Å². The fraction of sp³-hybridized carbons (Fsp3) is 0.250. The van der Waals surface area contributed by atoms with E-state index in [1.807, 2.05) is 19.3 Å². The number of nitrogens with one attached hydrogen (secondary N) is 1. The summed E-state index contributed by atoms with van der Waals surface area (Å²) < 4.78 is 1.67. The number of aromatic nitrogens is 4. The zero-order valence-corrected chi connectivity index (χ0v) is 10.8. The second-order valence-corrected chi connectivity index (χ2v) is 4.11. The Morgan fingerprint density at radius 2 is 2.28 bits per heavy atom. The van der Waals surface area contributed by atoms with E-state index < -0.39 is 0 Å². The van der Waals surface area contributed by atoms with Crippen molar-refractivity contribution in [1.29, 1.82) is 0 Å². The van der Waals surface area contributed by atoms with Crippen LogP contribution in [0.25, 0.3) is 11.9 Å². The van der Waals surface area contributed by atoms with E-state index in [-0.39, 0.29) is 0 Å². The molecule has 0 fully saturated rings. The smallest absolute Gasteiger partial charge is 0.175 e. The zero-order chi connectivity index (χ0) is 12.8. The Hall–Kier alpha value is -1.72. The molecule has 0 saturated heterocycles. The highest BCUT2D eigenvalue weighted by molar-refractivity contribution is 6.29. The Morgan fingerprint density at radius 1 is 1.39 bits per heavy atom. The molecular formula is C12H14ClN5. The van der Waals surface area contributed by atoms with Crippen LogP contribution in [0.3, 0.4) is 0 Å². The lowest BCUT2D eigenvalue weighted by Gasteiger charge is -1.97. The maximum atomic E-state index is 5.68. The Kier molecular flexibility index (Phi) is 4.44. The van der Waals surface area contributed by atoms with Gasteiger partial charge in [-0.25, -0.2) is 4.68 Å². The van der Waals surface area contributed by atoms with Gasteiger partial charge < -0.3 is 5.32 Å². The summed E-state index contributed by atoms with van der Waals surface area (Å²) in [6.07, 6.45) is 8.80.